The van der Waals surface area contributed by atoms with Gasteiger partial charge in [-0.25, -0.2) is 13.1 Å². The zero-order valence-corrected chi connectivity index (χ0v) is 10.6. The van der Waals surface area contributed by atoms with E-state index in [9.17, 15) is 21.6 Å². The second kappa shape index (κ2) is 5.06. The van der Waals surface area contributed by atoms with Crippen molar-refractivity contribution < 1.29 is 21.6 Å². The fraction of sp³-hybridized carbons (Fsp3) is 0.500. The molecule has 1 unspecified atom stereocenters. The number of halogens is 3. The predicted octanol–water partition coefficient (Wildman–Crippen LogP) is 0.741. The minimum Gasteiger partial charge on any atom is -0.315 e. The van der Waals surface area contributed by atoms with E-state index in [1.165, 1.54) is 0 Å². The second-order valence-electron chi connectivity index (χ2n) is 4.19. The van der Waals surface area contributed by atoms with Crippen molar-refractivity contribution in [2.24, 2.45) is 0 Å². The van der Waals surface area contributed by atoms with Gasteiger partial charge in [-0.1, -0.05) is 0 Å². The smallest absolute Gasteiger partial charge is 0.315 e. The lowest BCUT2D eigenvalue weighted by molar-refractivity contribution is -0.141. The average Bonchev–Trinajstić information content (AvgIpc) is 2.80. The molecule has 1 aromatic rings. The van der Waals surface area contributed by atoms with E-state index in [4.69, 9.17) is 0 Å². The molecule has 1 atom stereocenters. The summed E-state index contributed by atoms with van der Waals surface area (Å²) in [6.45, 7) is 1.21. The molecule has 2 rings (SSSR count). The predicted molar refractivity (Wildman–Crippen MR) is 60.8 cm³/mol. The lowest BCUT2D eigenvalue weighted by atomic mass is 10.3. The summed E-state index contributed by atoms with van der Waals surface area (Å²) < 4.78 is 63.1. The van der Waals surface area contributed by atoms with Crippen LogP contribution >= 0.6 is 0 Å². The van der Waals surface area contributed by atoms with Crippen molar-refractivity contribution in [1.29, 1.82) is 0 Å². The van der Waals surface area contributed by atoms with Gasteiger partial charge in [0.05, 0.1) is 0 Å². The van der Waals surface area contributed by atoms with Gasteiger partial charge >= 0.3 is 6.18 Å². The molecule has 9 heteroatoms. The molecule has 19 heavy (non-hydrogen) atoms. The van der Waals surface area contributed by atoms with Crippen LogP contribution in [0.3, 0.4) is 0 Å². The number of alkyl halides is 3. The van der Waals surface area contributed by atoms with Crippen molar-refractivity contribution in [3.05, 3.63) is 24.0 Å². The van der Waals surface area contributed by atoms with Gasteiger partial charge in [-0.3, -0.25) is 4.98 Å². The Morgan fingerprint density at radius 1 is 1.37 bits per heavy atom. The Bertz CT molecular complexity index is 536. The van der Waals surface area contributed by atoms with Crippen LogP contribution in [0.5, 0.6) is 0 Å². The number of nitrogens with zero attached hydrogens (tertiary/aromatic N) is 1. The Balaban J connectivity index is 2.16. The summed E-state index contributed by atoms with van der Waals surface area (Å²) in [6.07, 6.45) is -3.22. The molecule has 0 aromatic carbocycles. The Kier molecular flexibility index (Phi) is 3.79. The second-order valence-corrected chi connectivity index (χ2v) is 5.90. The van der Waals surface area contributed by atoms with Crippen molar-refractivity contribution in [3.63, 3.8) is 0 Å². The minimum atomic E-state index is -4.58. The third kappa shape index (κ3) is 3.43. The van der Waals surface area contributed by atoms with Crippen molar-refractivity contribution in [2.45, 2.75) is 23.5 Å². The van der Waals surface area contributed by atoms with Gasteiger partial charge in [0.2, 0.25) is 10.0 Å². The van der Waals surface area contributed by atoms with Crippen LogP contribution in [0.2, 0.25) is 0 Å². The molecule has 1 aromatic heterocycles. The number of nitrogens with one attached hydrogen (secondary N) is 2. The Morgan fingerprint density at radius 3 is 2.58 bits per heavy atom. The summed E-state index contributed by atoms with van der Waals surface area (Å²) in [6, 6.07) is 1.31. The number of hydrogen-bond acceptors (Lipinski definition) is 4. The van der Waals surface area contributed by atoms with Crippen molar-refractivity contribution in [3.8, 4) is 0 Å². The van der Waals surface area contributed by atoms with Crippen LogP contribution in [0, 0.1) is 0 Å². The Morgan fingerprint density at radius 2 is 2.11 bits per heavy atom. The molecule has 5 nitrogen and oxygen atoms in total. The molecule has 1 saturated heterocycles. The quantitative estimate of drug-likeness (QED) is 0.863. The number of sulfonamides is 1. The van der Waals surface area contributed by atoms with Crippen LogP contribution in [0.4, 0.5) is 13.2 Å². The zero-order valence-electron chi connectivity index (χ0n) is 9.74. The number of pyridine rings is 1. The topological polar surface area (TPSA) is 71.1 Å². The maximum absolute atomic E-state index is 12.3. The maximum atomic E-state index is 12.3. The van der Waals surface area contributed by atoms with E-state index in [-0.39, 0.29) is 10.9 Å². The van der Waals surface area contributed by atoms with E-state index in [2.05, 4.69) is 15.0 Å². The highest BCUT2D eigenvalue weighted by molar-refractivity contribution is 7.89. The van der Waals surface area contributed by atoms with Crippen LogP contribution < -0.4 is 10.0 Å². The first-order valence-electron chi connectivity index (χ1n) is 5.55. The first kappa shape index (κ1) is 14.2. The molecule has 1 aliphatic rings. The van der Waals surface area contributed by atoms with Gasteiger partial charge in [0.25, 0.3) is 0 Å². The molecule has 0 aliphatic carbocycles. The highest BCUT2D eigenvalue weighted by Gasteiger charge is 2.33. The monoisotopic (exact) mass is 295 g/mol. The summed E-state index contributed by atoms with van der Waals surface area (Å²) in [7, 11) is -3.83. The molecule has 0 amide bonds. The average molecular weight is 295 g/mol. The molecule has 2 N–H and O–H groups in total. The van der Waals surface area contributed by atoms with E-state index in [1.807, 2.05) is 0 Å². The van der Waals surface area contributed by atoms with E-state index >= 15 is 0 Å². The van der Waals surface area contributed by atoms with Crippen LogP contribution in [-0.2, 0) is 16.2 Å². The van der Waals surface area contributed by atoms with Gasteiger partial charge in [0, 0.05) is 18.8 Å². The van der Waals surface area contributed by atoms with E-state index in [1.54, 1.807) is 0 Å². The Hall–Kier alpha value is -1.19. The SMILES string of the molecule is O=S(=O)(NC1CCNC1)c1ccc(C(F)(F)F)nc1. The number of rotatable bonds is 3. The van der Waals surface area contributed by atoms with E-state index in [0.29, 0.717) is 31.8 Å². The molecule has 0 spiro atoms. The highest BCUT2D eigenvalue weighted by Crippen LogP contribution is 2.27. The van der Waals surface area contributed by atoms with Crippen LogP contribution in [0.25, 0.3) is 0 Å². The van der Waals surface area contributed by atoms with Crippen molar-refractivity contribution >= 4 is 10.0 Å². The third-order valence-electron chi connectivity index (χ3n) is 2.72. The molecule has 0 saturated carbocycles. The summed E-state index contributed by atoms with van der Waals surface area (Å²) >= 11 is 0. The van der Waals surface area contributed by atoms with Crippen molar-refractivity contribution in [2.75, 3.05) is 13.1 Å². The number of aromatic nitrogens is 1. The van der Waals surface area contributed by atoms with Crippen LogP contribution in [0.1, 0.15) is 12.1 Å². The largest absolute Gasteiger partial charge is 0.433 e. The lowest BCUT2D eigenvalue weighted by Crippen LogP contribution is -2.36. The van der Waals surface area contributed by atoms with Gasteiger partial charge in [0.15, 0.2) is 0 Å². The van der Waals surface area contributed by atoms with Gasteiger partial charge in [-0.05, 0) is 25.1 Å². The lowest BCUT2D eigenvalue weighted by Gasteiger charge is -2.12. The minimum absolute atomic E-state index is 0.243. The molecule has 2 heterocycles. The van der Waals surface area contributed by atoms with Gasteiger partial charge in [-0.2, -0.15) is 13.2 Å². The zero-order chi connectivity index (χ0) is 14.1. The van der Waals surface area contributed by atoms with Gasteiger partial charge in [-0.15, -0.1) is 0 Å². The standard InChI is InChI=1S/C10H12F3N3O2S/c11-10(12,13)9-2-1-8(6-15-9)19(17,18)16-7-3-4-14-5-7/h1-2,6-7,14,16H,3-5H2. The summed E-state index contributed by atoms with van der Waals surface area (Å²) in [4.78, 5) is 2.86. The summed E-state index contributed by atoms with van der Waals surface area (Å²) in [5.41, 5.74) is -1.12. The summed E-state index contributed by atoms with van der Waals surface area (Å²) in [5.74, 6) is 0. The Labute approximate surface area is 108 Å². The van der Waals surface area contributed by atoms with Gasteiger partial charge in [0.1, 0.15) is 10.6 Å². The molecule has 1 aliphatic heterocycles. The van der Waals surface area contributed by atoms with E-state index in [0.717, 1.165) is 6.07 Å². The fourth-order valence-corrected chi connectivity index (χ4v) is 2.96. The number of hydrogen-bond donors (Lipinski definition) is 2. The summed E-state index contributed by atoms with van der Waals surface area (Å²) in [5, 5.41) is 2.98. The highest BCUT2D eigenvalue weighted by atomic mass is 32.2. The molecule has 0 bridgehead atoms. The molecule has 1 fully saturated rings. The van der Waals surface area contributed by atoms with E-state index < -0.39 is 21.9 Å². The molecule has 0 radical (unpaired) electrons. The van der Waals surface area contributed by atoms with Gasteiger partial charge < -0.3 is 5.32 Å². The first-order chi connectivity index (χ1) is 8.79. The molecule has 106 valence electrons. The van der Waals surface area contributed by atoms with Crippen LogP contribution in [-0.4, -0.2) is 32.5 Å². The molecular weight excluding hydrogens is 283 g/mol. The maximum Gasteiger partial charge on any atom is 0.433 e. The molecular formula is C10H12F3N3O2S. The van der Waals surface area contributed by atoms with Crippen LogP contribution in [0.15, 0.2) is 23.2 Å². The first-order valence-corrected chi connectivity index (χ1v) is 7.04. The normalized spacial score (nSPS) is 20.7. The fourth-order valence-electron chi connectivity index (χ4n) is 1.75. The van der Waals surface area contributed by atoms with Crippen molar-refractivity contribution in [1.82, 2.24) is 15.0 Å². The third-order valence-corrected chi connectivity index (χ3v) is 4.22.